The van der Waals surface area contributed by atoms with Crippen LogP contribution in [0.1, 0.15) is 16.1 Å². The first-order valence-corrected chi connectivity index (χ1v) is 3.58. The van der Waals surface area contributed by atoms with E-state index in [4.69, 9.17) is 0 Å². The molecule has 1 rings (SSSR count). The lowest BCUT2D eigenvalue weighted by atomic mass is 10.3. The van der Waals surface area contributed by atoms with Crippen molar-refractivity contribution in [2.75, 3.05) is 7.11 Å². The first-order valence-electron chi connectivity index (χ1n) is 3.58. The average molecular weight is 208 g/mol. The van der Waals surface area contributed by atoms with Crippen molar-refractivity contribution < 1.29 is 22.7 Å². The molecule has 1 aromatic heterocycles. The summed E-state index contributed by atoms with van der Waals surface area (Å²) in [5.41, 5.74) is -0.209. The molecule has 1 aromatic rings. The Morgan fingerprint density at radius 2 is 2.14 bits per heavy atom. The van der Waals surface area contributed by atoms with E-state index in [-0.39, 0.29) is 15.9 Å². The predicted molar refractivity (Wildman–Crippen MR) is 39.6 cm³/mol. The van der Waals surface area contributed by atoms with Crippen LogP contribution in [0.2, 0.25) is 0 Å². The fourth-order valence-corrected chi connectivity index (χ4v) is 0.900. The zero-order valence-electron chi connectivity index (χ0n) is 7.42. The molecule has 0 atom stereocenters. The van der Waals surface area contributed by atoms with Crippen LogP contribution in [0, 0.1) is 6.92 Å². The minimum absolute atomic E-state index is 0.0193. The molecule has 0 radical (unpaired) electrons. The molecule has 0 unspecified atom stereocenters. The van der Waals surface area contributed by atoms with Crippen LogP contribution in [0.5, 0.6) is 0 Å². The highest BCUT2D eigenvalue weighted by atomic mass is 19.4. The summed E-state index contributed by atoms with van der Waals surface area (Å²) in [6.07, 6.45) is -4.02. The Morgan fingerprint density at radius 3 is 2.50 bits per heavy atom. The third kappa shape index (κ3) is 1.86. The number of hydrogen-bond acceptors (Lipinski definition) is 3. The summed E-state index contributed by atoms with van der Waals surface area (Å²) < 4.78 is 40.3. The standard InChI is InChI=1S/C7H7F3N2O2/c1-4-5(6(13)14-2)3-12(11-4)7(8,9)10/h3H,1-2H3. The number of carbonyl (C=O) groups excluding carboxylic acids is 1. The molecule has 0 amide bonds. The van der Waals surface area contributed by atoms with E-state index in [0.29, 0.717) is 6.20 Å². The summed E-state index contributed by atoms with van der Waals surface area (Å²) in [4.78, 5) is 10.9. The zero-order valence-corrected chi connectivity index (χ0v) is 7.42. The Labute approximate surface area is 77.3 Å². The van der Waals surface area contributed by atoms with Crippen LogP contribution >= 0.6 is 0 Å². The second kappa shape index (κ2) is 3.32. The number of methoxy groups -OCH3 is 1. The molecule has 4 nitrogen and oxygen atoms in total. The maximum absolute atomic E-state index is 12.1. The van der Waals surface area contributed by atoms with Crippen molar-refractivity contribution in [3.63, 3.8) is 0 Å². The lowest BCUT2D eigenvalue weighted by Gasteiger charge is -2.03. The van der Waals surface area contributed by atoms with Crippen LogP contribution in [0.4, 0.5) is 13.2 Å². The highest BCUT2D eigenvalue weighted by molar-refractivity contribution is 5.90. The van der Waals surface area contributed by atoms with Crippen molar-refractivity contribution in [1.29, 1.82) is 0 Å². The molecule has 0 aliphatic carbocycles. The van der Waals surface area contributed by atoms with E-state index in [1.807, 2.05) is 0 Å². The molecule has 0 saturated heterocycles. The first kappa shape index (κ1) is 10.6. The highest BCUT2D eigenvalue weighted by Gasteiger charge is 2.33. The van der Waals surface area contributed by atoms with Crippen molar-refractivity contribution >= 4 is 5.97 Å². The van der Waals surface area contributed by atoms with Gasteiger partial charge in [0, 0.05) is 6.20 Å². The molecule has 14 heavy (non-hydrogen) atoms. The monoisotopic (exact) mass is 208 g/mol. The molecule has 0 spiro atoms. The molecular formula is C7H7F3N2O2. The lowest BCUT2D eigenvalue weighted by Crippen LogP contribution is -2.17. The molecular weight excluding hydrogens is 201 g/mol. The van der Waals surface area contributed by atoms with E-state index in [1.54, 1.807) is 0 Å². The summed E-state index contributed by atoms with van der Waals surface area (Å²) in [6.45, 7) is 1.30. The third-order valence-corrected chi connectivity index (χ3v) is 1.56. The van der Waals surface area contributed by atoms with E-state index in [0.717, 1.165) is 7.11 Å². The van der Waals surface area contributed by atoms with E-state index >= 15 is 0 Å². The van der Waals surface area contributed by atoms with E-state index in [9.17, 15) is 18.0 Å². The van der Waals surface area contributed by atoms with Crippen LogP contribution in [-0.4, -0.2) is 22.9 Å². The number of carbonyl (C=O) groups is 1. The maximum Gasteiger partial charge on any atom is 0.504 e. The van der Waals surface area contributed by atoms with Crippen molar-refractivity contribution in [1.82, 2.24) is 9.78 Å². The quantitative estimate of drug-likeness (QED) is 0.656. The van der Waals surface area contributed by atoms with Gasteiger partial charge in [-0.05, 0) is 6.92 Å². The highest BCUT2D eigenvalue weighted by Crippen LogP contribution is 2.22. The average Bonchev–Trinajstić information content (AvgIpc) is 2.45. The summed E-state index contributed by atoms with van der Waals surface area (Å²) in [7, 11) is 1.09. The Kier molecular flexibility index (Phi) is 2.50. The van der Waals surface area contributed by atoms with Gasteiger partial charge < -0.3 is 4.74 Å². The van der Waals surface area contributed by atoms with Crippen molar-refractivity contribution in [2.45, 2.75) is 13.2 Å². The summed E-state index contributed by atoms with van der Waals surface area (Å²) in [5.74, 6) is -0.835. The summed E-state index contributed by atoms with van der Waals surface area (Å²) >= 11 is 0. The van der Waals surface area contributed by atoms with Gasteiger partial charge in [-0.3, -0.25) is 0 Å². The van der Waals surface area contributed by atoms with Gasteiger partial charge in [0.1, 0.15) is 5.56 Å². The smallest absolute Gasteiger partial charge is 0.465 e. The van der Waals surface area contributed by atoms with Gasteiger partial charge in [0.25, 0.3) is 0 Å². The molecule has 0 fully saturated rings. The van der Waals surface area contributed by atoms with Crippen LogP contribution in [0.15, 0.2) is 6.20 Å². The van der Waals surface area contributed by atoms with Crippen molar-refractivity contribution in [3.05, 3.63) is 17.5 Å². The van der Waals surface area contributed by atoms with Crippen LogP contribution in [0.3, 0.4) is 0 Å². The maximum atomic E-state index is 12.1. The Bertz CT molecular complexity index is 356. The predicted octanol–water partition coefficient (Wildman–Crippen LogP) is 1.45. The van der Waals surface area contributed by atoms with Gasteiger partial charge in [-0.25, -0.2) is 4.79 Å². The SMILES string of the molecule is COC(=O)c1cn(C(F)(F)F)nc1C. The molecule has 1 heterocycles. The van der Waals surface area contributed by atoms with E-state index in [1.165, 1.54) is 6.92 Å². The number of rotatable bonds is 1. The molecule has 0 aliphatic rings. The Balaban J connectivity index is 3.12. The zero-order chi connectivity index (χ0) is 10.9. The van der Waals surface area contributed by atoms with Crippen molar-refractivity contribution in [3.8, 4) is 0 Å². The summed E-state index contributed by atoms with van der Waals surface area (Å²) in [5, 5.41) is 3.14. The van der Waals surface area contributed by atoms with Gasteiger partial charge >= 0.3 is 12.3 Å². The van der Waals surface area contributed by atoms with Crippen LogP contribution < -0.4 is 0 Å². The number of alkyl halides is 3. The number of ether oxygens (including phenoxy) is 1. The van der Waals surface area contributed by atoms with Gasteiger partial charge in [0.15, 0.2) is 0 Å². The second-order valence-corrected chi connectivity index (χ2v) is 2.53. The van der Waals surface area contributed by atoms with Gasteiger partial charge in [-0.1, -0.05) is 0 Å². The van der Waals surface area contributed by atoms with Gasteiger partial charge in [-0.2, -0.15) is 9.78 Å². The Morgan fingerprint density at radius 1 is 1.57 bits per heavy atom. The number of aromatic nitrogens is 2. The number of hydrogen-bond donors (Lipinski definition) is 0. The third-order valence-electron chi connectivity index (χ3n) is 1.56. The van der Waals surface area contributed by atoms with E-state index in [2.05, 4.69) is 9.84 Å². The number of halogens is 3. The molecule has 78 valence electrons. The largest absolute Gasteiger partial charge is 0.504 e. The van der Waals surface area contributed by atoms with Crippen LogP contribution in [-0.2, 0) is 11.0 Å². The van der Waals surface area contributed by atoms with Crippen LogP contribution in [0.25, 0.3) is 0 Å². The van der Waals surface area contributed by atoms with Gasteiger partial charge in [-0.15, -0.1) is 13.2 Å². The topological polar surface area (TPSA) is 44.1 Å². The minimum atomic E-state index is -4.61. The summed E-state index contributed by atoms with van der Waals surface area (Å²) in [6, 6.07) is 0. The molecule has 0 bridgehead atoms. The molecule has 7 heteroatoms. The molecule has 0 aliphatic heterocycles. The Hall–Kier alpha value is -1.53. The normalized spacial score (nSPS) is 11.5. The van der Waals surface area contributed by atoms with Gasteiger partial charge in [0.05, 0.1) is 12.8 Å². The van der Waals surface area contributed by atoms with E-state index < -0.39 is 12.3 Å². The number of aryl methyl sites for hydroxylation is 1. The number of nitrogens with zero attached hydrogens (tertiary/aromatic N) is 2. The molecule has 0 aromatic carbocycles. The number of esters is 1. The molecule has 0 saturated carbocycles. The molecule has 0 N–H and O–H groups in total. The fraction of sp³-hybridized carbons (Fsp3) is 0.429. The minimum Gasteiger partial charge on any atom is -0.465 e. The first-order chi connectivity index (χ1) is 6.36. The lowest BCUT2D eigenvalue weighted by molar-refractivity contribution is -0.212. The van der Waals surface area contributed by atoms with Crippen molar-refractivity contribution in [2.24, 2.45) is 0 Å². The van der Waals surface area contributed by atoms with Gasteiger partial charge in [0.2, 0.25) is 0 Å². The fourth-order valence-electron chi connectivity index (χ4n) is 0.900. The second-order valence-electron chi connectivity index (χ2n) is 2.53.